The highest BCUT2D eigenvalue weighted by atomic mass is 19.2. The lowest BCUT2D eigenvalue weighted by Gasteiger charge is -2.39. The van der Waals surface area contributed by atoms with Crippen LogP contribution in [0.5, 0.6) is 0 Å². The highest BCUT2D eigenvalue weighted by molar-refractivity contribution is 5.73. The Kier molecular flexibility index (Phi) is 13.2. The molecule has 0 N–H and O–H groups in total. The molecule has 0 aromatic heterocycles. The van der Waals surface area contributed by atoms with E-state index in [2.05, 4.69) is 9.80 Å². The molecule has 2 heterocycles. The molecule has 9 nitrogen and oxygen atoms in total. The molecular weight excluding hydrogens is 557 g/mol. The van der Waals surface area contributed by atoms with Crippen molar-refractivity contribution in [2.24, 2.45) is 11.8 Å². The van der Waals surface area contributed by atoms with Crippen LogP contribution in [0.2, 0.25) is 0 Å². The molecule has 42 heavy (non-hydrogen) atoms. The summed E-state index contributed by atoms with van der Waals surface area (Å²) < 4.78 is 70.8. The number of ether oxygens (including phenoxy) is 5. The number of nitrogens with zero attached hydrogens (tertiary/aromatic N) is 2. The number of cyclic esters (lactones) is 1. The highest BCUT2D eigenvalue weighted by Crippen LogP contribution is 2.34. The number of hydrogen-bond acceptors (Lipinski definition) is 9. The lowest BCUT2D eigenvalue weighted by atomic mass is 9.83. The van der Waals surface area contributed by atoms with Gasteiger partial charge in [-0.2, -0.15) is 0 Å². The van der Waals surface area contributed by atoms with Crippen molar-refractivity contribution in [1.82, 2.24) is 9.80 Å². The van der Waals surface area contributed by atoms with Crippen LogP contribution in [-0.4, -0.2) is 131 Å². The predicted molar refractivity (Wildman–Crippen MR) is 148 cm³/mol. The molecule has 0 aromatic rings. The topological polar surface area (TPSA) is 86.8 Å². The fraction of sp³-hybridized carbons (Fsp3) is 0.933. The third-order valence-corrected chi connectivity index (χ3v) is 9.32. The number of carbonyl (C=O) groups is 2. The second-order valence-corrected chi connectivity index (χ2v) is 12.2. The van der Waals surface area contributed by atoms with Crippen molar-refractivity contribution < 1.29 is 46.4 Å². The summed E-state index contributed by atoms with van der Waals surface area (Å²) in [5.41, 5.74) is 0. The summed E-state index contributed by atoms with van der Waals surface area (Å²) in [6.45, 7) is 5.95. The van der Waals surface area contributed by atoms with E-state index in [4.69, 9.17) is 23.7 Å². The van der Waals surface area contributed by atoms with E-state index in [9.17, 15) is 22.8 Å². The predicted octanol–water partition coefficient (Wildman–Crippen LogP) is 3.27. The zero-order chi connectivity index (χ0) is 30.1. The van der Waals surface area contributed by atoms with Crippen molar-refractivity contribution in [1.29, 1.82) is 0 Å². The molecule has 9 unspecified atom stereocenters. The largest absolute Gasteiger partial charge is 0.465 e. The lowest BCUT2D eigenvalue weighted by Crippen LogP contribution is -2.49. The number of carbonyl (C=O) groups excluding carboxylic acids is 2. The van der Waals surface area contributed by atoms with E-state index in [0.717, 1.165) is 52.1 Å². The first kappa shape index (κ1) is 33.4. The van der Waals surface area contributed by atoms with Gasteiger partial charge < -0.3 is 33.5 Å². The standard InChI is InChI=1S/C30H49F3N2O7/c1-38-25-18-21-19-26(28(25)39-2)40-14-3-6-22(42-30(37)20-16-23(31)27(33)24(32)17-20)7-11-35-9-4-8-34(12-13-35)10-5-15-41-29(21)36/h20-28H,3-19H2,1-2H3. The van der Waals surface area contributed by atoms with Gasteiger partial charge in [0.25, 0.3) is 0 Å². The average Bonchev–Trinajstić information content (AvgIpc) is 3.22. The van der Waals surface area contributed by atoms with E-state index in [0.29, 0.717) is 45.3 Å². The zero-order valence-electron chi connectivity index (χ0n) is 25.1. The van der Waals surface area contributed by atoms with Crippen LogP contribution in [0.25, 0.3) is 0 Å². The molecule has 2 aliphatic carbocycles. The Morgan fingerprint density at radius 3 is 2.19 bits per heavy atom. The molecule has 9 atom stereocenters. The summed E-state index contributed by atoms with van der Waals surface area (Å²) in [5, 5.41) is 0. The first-order valence-electron chi connectivity index (χ1n) is 15.7. The van der Waals surface area contributed by atoms with Crippen molar-refractivity contribution in [3.8, 4) is 0 Å². The van der Waals surface area contributed by atoms with E-state index in [1.165, 1.54) is 0 Å². The second-order valence-electron chi connectivity index (χ2n) is 12.2. The number of esters is 2. The monoisotopic (exact) mass is 606 g/mol. The molecule has 242 valence electrons. The maximum absolute atomic E-state index is 14.0. The molecule has 12 heteroatoms. The minimum absolute atomic E-state index is 0.236. The Balaban J connectivity index is 1.42. The molecule has 4 rings (SSSR count). The molecule has 2 aliphatic heterocycles. The van der Waals surface area contributed by atoms with Crippen molar-refractivity contribution in [2.45, 2.75) is 101 Å². The Morgan fingerprint density at radius 1 is 0.810 bits per heavy atom. The molecule has 2 saturated heterocycles. The third kappa shape index (κ3) is 9.27. The molecule has 0 amide bonds. The molecule has 4 fully saturated rings. The summed E-state index contributed by atoms with van der Waals surface area (Å²) in [4.78, 5) is 30.7. The summed E-state index contributed by atoms with van der Waals surface area (Å²) in [7, 11) is 3.20. The molecule has 4 bridgehead atoms. The lowest BCUT2D eigenvalue weighted by molar-refractivity contribution is -0.172. The number of rotatable bonds is 4. The van der Waals surface area contributed by atoms with Crippen LogP contribution in [-0.2, 0) is 33.3 Å². The van der Waals surface area contributed by atoms with Gasteiger partial charge in [0.1, 0.15) is 24.6 Å². The Labute approximate surface area is 247 Å². The van der Waals surface area contributed by atoms with Crippen LogP contribution in [0.15, 0.2) is 0 Å². The van der Waals surface area contributed by atoms with E-state index in [-0.39, 0.29) is 43.0 Å². The number of fused-ring (bicyclic) bond motifs is 5. The molecule has 0 spiro atoms. The number of methoxy groups -OCH3 is 2. The Hall–Kier alpha value is -1.47. The van der Waals surface area contributed by atoms with Crippen molar-refractivity contribution >= 4 is 11.9 Å². The van der Waals surface area contributed by atoms with Crippen LogP contribution in [0.1, 0.15) is 57.8 Å². The number of halogens is 3. The van der Waals surface area contributed by atoms with Crippen molar-refractivity contribution in [3.05, 3.63) is 0 Å². The summed E-state index contributed by atoms with van der Waals surface area (Å²) in [6.07, 6.45) is -4.01. The summed E-state index contributed by atoms with van der Waals surface area (Å²) in [6, 6.07) is 0. The normalized spacial score (nSPS) is 41.5. The van der Waals surface area contributed by atoms with E-state index < -0.39 is 36.5 Å². The molecule has 0 aromatic carbocycles. The Morgan fingerprint density at radius 2 is 1.50 bits per heavy atom. The van der Waals surface area contributed by atoms with Crippen LogP contribution in [0.3, 0.4) is 0 Å². The van der Waals surface area contributed by atoms with Gasteiger partial charge in [0.15, 0.2) is 6.17 Å². The summed E-state index contributed by atoms with van der Waals surface area (Å²) in [5.74, 6) is -2.24. The number of hydrogen-bond donors (Lipinski definition) is 0. The highest BCUT2D eigenvalue weighted by Gasteiger charge is 2.43. The Bertz CT molecular complexity index is 846. The van der Waals surface area contributed by atoms with Crippen molar-refractivity contribution in [3.63, 3.8) is 0 Å². The van der Waals surface area contributed by atoms with Gasteiger partial charge in [-0.25, -0.2) is 13.2 Å². The first-order valence-corrected chi connectivity index (χ1v) is 15.7. The van der Waals surface area contributed by atoms with Crippen LogP contribution >= 0.6 is 0 Å². The van der Waals surface area contributed by atoms with Gasteiger partial charge in [-0.15, -0.1) is 0 Å². The van der Waals surface area contributed by atoms with Gasteiger partial charge in [0, 0.05) is 47.0 Å². The van der Waals surface area contributed by atoms with Gasteiger partial charge >= 0.3 is 11.9 Å². The molecule has 2 saturated carbocycles. The van der Waals surface area contributed by atoms with Crippen LogP contribution in [0, 0.1) is 11.8 Å². The fourth-order valence-corrected chi connectivity index (χ4v) is 6.82. The minimum atomic E-state index is -2.19. The zero-order valence-corrected chi connectivity index (χ0v) is 25.1. The van der Waals surface area contributed by atoms with E-state index >= 15 is 0 Å². The van der Waals surface area contributed by atoms with Gasteiger partial charge in [-0.3, -0.25) is 9.59 Å². The smallest absolute Gasteiger partial charge is 0.309 e. The SMILES string of the molecule is COC1CC2CC(OCCCC(OC(=O)C3CC(F)C(F)C(F)C3)CCN3CCCN(CCCOC2=O)CC3)C1OC. The van der Waals surface area contributed by atoms with Crippen LogP contribution < -0.4 is 0 Å². The van der Waals surface area contributed by atoms with E-state index in [1.54, 1.807) is 14.2 Å². The van der Waals surface area contributed by atoms with E-state index in [1.807, 2.05) is 0 Å². The molecule has 0 radical (unpaired) electrons. The third-order valence-electron chi connectivity index (χ3n) is 9.32. The van der Waals surface area contributed by atoms with Gasteiger partial charge in [-0.1, -0.05) is 0 Å². The maximum atomic E-state index is 14.0. The molecular formula is C30H49F3N2O7. The van der Waals surface area contributed by atoms with Gasteiger partial charge in [0.05, 0.1) is 30.7 Å². The quantitative estimate of drug-likeness (QED) is 0.448. The maximum Gasteiger partial charge on any atom is 0.309 e. The van der Waals surface area contributed by atoms with Gasteiger partial charge in [-0.05, 0) is 70.9 Å². The van der Waals surface area contributed by atoms with Crippen molar-refractivity contribution in [2.75, 3.05) is 66.7 Å². The summed E-state index contributed by atoms with van der Waals surface area (Å²) >= 11 is 0. The van der Waals surface area contributed by atoms with Crippen LogP contribution in [0.4, 0.5) is 13.2 Å². The minimum Gasteiger partial charge on any atom is -0.465 e. The first-order chi connectivity index (χ1) is 20.3. The second kappa shape index (κ2) is 16.6. The fourth-order valence-electron chi connectivity index (χ4n) is 6.82. The number of alkyl halides is 3. The molecule has 4 aliphatic rings. The van der Waals surface area contributed by atoms with Gasteiger partial charge in [0.2, 0.25) is 0 Å². The average molecular weight is 607 g/mol.